The Bertz CT molecular complexity index is 664. The van der Waals surface area contributed by atoms with Crippen LogP contribution in [-0.4, -0.2) is 22.0 Å². The van der Waals surface area contributed by atoms with Crippen LogP contribution >= 0.6 is 12.2 Å². The fourth-order valence-corrected chi connectivity index (χ4v) is 3.23. The van der Waals surface area contributed by atoms with Gasteiger partial charge in [-0.1, -0.05) is 25.3 Å². The van der Waals surface area contributed by atoms with Gasteiger partial charge in [-0.3, -0.25) is 0 Å². The van der Waals surface area contributed by atoms with Crippen LogP contribution in [0, 0.1) is 0 Å². The number of rotatable bonds is 4. The number of thiocarbonyl (C=S) groups is 1. The molecular weight excluding hydrogens is 308 g/mol. The number of anilines is 2. The first kappa shape index (κ1) is 15.8. The summed E-state index contributed by atoms with van der Waals surface area (Å²) in [6.07, 6.45) is 8.08. The molecule has 122 valence electrons. The minimum absolute atomic E-state index is 0.473. The van der Waals surface area contributed by atoms with Crippen molar-refractivity contribution >= 4 is 28.8 Å². The van der Waals surface area contributed by atoms with Gasteiger partial charge in [0.15, 0.2) is 5.11 Å². The molecule has 1 aliphatic carbocycles. The standard InChI is InChI=1S/C17H22N4OS/c1-22-15-9-5-6-13(12-15)19-17(23)20-16-10-11-18-21(16)14-7-3-2-4-8-14/h5-6,9-12,14H,2-4,7-8H2,1H3,(H2,19,20,23). The molecule has 0 saturated heterocycles. The minimum atomic E-state index is 0.473. The third-order valence-corrected chi connectivity index (χ3v) is 4.36. The van der Waals surface area contributed by atoms with Gasteiger partial charge in [-0.25, -0.2) is 4.68 Å². The SMILES string of the molecule is COc1cccc(NC(=S)Nc2ccnn2C2CCCCC2)c1. The molecule has 1 aliphatic rings. The predicted molar refractivity (Wildman–Crippen MR) is 97.2 cm³/mol. The van der Waals surface area contributed by atoms with Gasteiger partial charge in [0.2, 0.25) is 0 Å². The Hall–Kier alpha value is -2.08. The average molecular weight is 330 g/mol. The van der Waals surface area contributed by atoms with Gasteiger partial charge in [0, 0.05) is 17.8 Å². The predicted octanol–water partition coefficient (Wildman–Crippen LogP) is 4.21. The molecule has 0 amide bonds. The molecule has 2 N–H and O–H groups in total. The second kappa shape index (κ2) is 7.46. The highest BCUT2D eigenvalue weighted by molar-refractivity contribution is 7.80. The van der Waals surface area contributed by atoms with Crippen molar-refractivity contribution < 1.29 is 4.74 Å². The molecule has 0 atom stereocenters. The summed E-state index contributed by atoms with van der Waals surface area (Å²) in [5.41, 5.74) is 0.894. The molecule has 0 radical (unpaired) electrons. The van der Waals surface area contributed by atoms with Gasteiger partial charge in [-0.15, -0.1) is 0 Å². The zero-order valence-corrected chi connectivity index (χ0v) is 14.1. The number of nitrogens with one attached hydrogen (secondary N) is 2. The first-order chi connectivity index (χ1) is 11.3. The Kier molecular flexibility index (Phi) is 5.12. The number of hydrogen-bond donors (Lipinski definition) is 2. The molecule has 6 heteroatoms. The van der Waals surface area contributed by atoms with Crippen LogP contribution in [0.25, 0.3) is 0 Å². The Morgan fingerprint density at radius 1 is 1.22 bits per heavy atom. The summed E-state index contributed by atoms with van der Waals surface area (Å²) in [6.45, 7) is 0. The molecule has 23 heavy (non-hydrogen) atoms. The van der Waals surface area contributed by atoms with Crippen molar-refractivity contribution in [1.82, 2.24) is 9.78 Å². The zero-order valence-electron chi connectivity index (χ0n) is 13.3. The van der Waals surface area contributed by atoms with Crippen molar-refractivity contribution in [3.8, 4) is 5.75 Å². The summed E-state index contributed by atoms with van der Waals surface area (Å²) in [7, 11) is 1.65. The van der Waals surface area contributed by atoms with Crippen molar-refractivity contribution in [2.75, 3.05) is 17.7 Å². The maximum Gasteiger partial charge on any atom is 0.176 e. The smallest absolute Gasteiger partial charge is 0.176 e. The average Bonchev–Trinajstić information content (AvgIpc) is 3.03. The fourth-order valence-electron chi connectivity index (χ4n) is 3.01. The van der Waals surface area contributed by atoms with Gasteiger partial charge in [-0.2, -0.15) is 5.10 Å². The third kappa shape index (κ3) is 4.01. The Balaban J connectivity index is 1.65. The van der Waals surface area contributed by atoms with Gasteiger partial charge in [0.1, 0.15) is 11.6 Å². The molecule has 1 aromatic carbocycles. The molecule has 0 spiro atoms. The second-order valence-corrected chi connectivity index (χ2v) is 6.17. The molecule has 3 rings (SSSR count). The van der Waals surface area contributed by atoms with E-state index in [9.17, 15) is 0 Å². The van der Waals surface area contributed by atoms with Crippen LogP contribution in [0.3, 0.4) is 0 Å². The largest absolute Gasteiger partial charge is 0.497 e. The van der Waals surface area contributed by atoms with E-state index < -0.39 is 0 Å². The van der Waals surface area contributed by atoms with Crippen LogP contribution in [0.4, 0.5) is 11.5 Å². The molecule has 0 unspecified atom stereocenters. The zero-order chi connectivity index (χ0) is 16.1. The van der Waals surface area contributed by atoms with Crippen molar-refractivity contribution in [2.45, 2.75) is 38.1 Å². The summed E-state index contributed by atoms with van der Waals surface area (Å²) < 4.78 is 7.29. The van der Waals surface area contributed by atoms with E-state index in [1.807, 2.05) is 36.5 Å². The van der Waals surface area contributed by atoms with E-state index in [4.69, 9.17) is 17.0 Å². The summed E-state index contributed by atoms with van der Waals surface area (Å²) >= 11 is 5.42. The van der Waals surface area contributed by atoms with Gasteiger partial charge in [0.25, 0.3) is 0 Å². The number of ether oxygens (including phenoxy) is 1. The first-order valence-corrected chi connectivity index (χ1v) is 8.42. The fraction of sp³-hybridized carbons (Fsp3) is 0.412. The molecule has 1 fully saturated rings. The lowest BCUT2D eigenvalue weighted by molar-refractivity contribution is 0.333. The molecule has 1 heterocycles. The number of hydrogen-bond acceptors (Lipinski definition) is 3. The van der Waals surface area contributed by atoms with Gasteiger partial charge >= 0.3 is 0 Å². The molecule has 0 aliphatic heterocycles. The Morgan fingerprint density at radius 3 is 2.83 bits per heavy atom. The summed E-state index contributed by atoms with van der Waals surface area (Å²) in [6, 6.07) is 10.1. The Labute approximate surface area is 142 Å². The lowest BCUT2D eigenvalue weighted by Crippen LogP contribution is -2.23. The highest BCUT2D eigenvalue weighted by Crippen LogP contribution is 2.30. The van der Waals surface area contributed by atoms with Gasteiger partial charge in [-0.05, 0) is 37.2 Å². The van der Waals surface area contributed by atoms with Gasteiger partial charge < -0.3 is 15.4 Å². The molecule has 1 saturated carbocycles. The highest BCUT2D eigenvalue weighted by atomic mass is 32.1. The Morgan fingerprint density at radius 2 is 2.04 bits per heavy atom. The maximum absolute atomic E-state index is 5.42. The minimum Gasteiger partial charge on any atom is -0.497 e. The van der Waals surface area contributed by atoms with E-state index in [0.29, 0.717) is 11.2 Å². The van der Waals surface area contributed by atoms with Crippen LogP contribution in [0.5, 0.6) is 5.75 Å². The van der Waals surface area contributed by atoms with E-state index in [-0.39, 0.29) is 0 Å². The molecule has 1 aromatic heterocycles. The van der Waals surface area contributed by atoms with E-state index in [1.165, 1.54) is 32.1 Å². The van der Waals surface area contributed by atoms with E-state index in [2.05, 4.69) is 20.4 Å². The molecular formula is C17H22N4OS. The molecule has 2 aromatic rings. The van der Waals surface area contributed by atoms with Crippen LogP contribution in [0.2, 0.25) is 0 Å². The lowest BCUT2D eigenvalue weighted by atomic mass is 9.96. The summed E-state index contributed by atoms with van der Waals surface area (Å²) in [5, 5.41) is 11.5. The van der Waals surface area contributed by atoms with Crippen LogP contribution in [-0.2, 0) is 0 Å². The monoisotopic (exact) mass is 330 g/mol. The van der Waals surface area contributed by atoms with Crippen molar-refractivity contribution in [1.29, 1.82) is 0 Å². The number of aromatic nitrogens is 2. The van der Waals surface area contributed by atoms with Crippen LogP contribution in [0.1, 0.15) is 38.1 Å². The normalized spacial score (nSPS) is 15.2. The summed E-state index contributed by atoms with van der Waals surface area (Å²) in [5.74, 6) is 1.74. The lowest BCUT2D eigenvalue weighted by Gasteiger charge is -2.24. The molecule has 0 bridgehead atoms. The van der Waals surface area contributed by atoms with Gasteiger partial charge in [0.05, 0.1) is 19.3 Å². The number of methoxy groups -OCH3 is 1. The maximum atomic E-state index is 5.42. The summed E-state index contributed by atoms with van der Waals surface area (Å²) in [4.78, 5) is 0. The quantitative estimate of drug-likeness (QED) is 0.823. The van der Waals surface area contributed by atoms with E-state index in [0.717, 1.165) is 17.3 Å². The van der Waals surface area contributed by atoms with E-state index >= 15 is 0 Å². The van der Waals surface area contributed by atoms with Crippen molar-refractivity contribution in [3.05, 3.63) is 36.5 Å². The first-order valence-electron chi connectivity index (χ1n) is 8.02. The van der Waals surface area contributed by atoms with Crippen molar-refractivity contribution in [3.63, 3.8) is 0 Å². The van der Waals surface area contributed by atoms with E-state index in [1.54, 1.807) is 7.11 Å². The highest BCUT2D eigenvalue weighted by Gasteiger charge is 2.18. The van der Waals surface area contributed by atoms with Crippen LogP contribution < -0.4 is 15.4 Å². The number of nitrogens with zero attached hydrogens (tertiary/aromatic N) is 2. The molecule has 5 nitrogen and oxygen atoms in total. The van der Waals surface area contributed by atoms with Crippen molar-refractivity contribution in [2.24, 2.45) is 0 Å². The topological polar surface area (TPSA) is 51.1 Å². The number of benzene rings is 1. The van der Waals surface area contributed by atoms with Crippen LogP contribution in [0.15, 0.2) is 36.5 Å². The second-order valence-electron chi connectivity index (χ2n) is 5.76. The third-order valence-electron chi connectivity index (χ3n) is 4.16.